The van der Waals surface area contributed by atoms with Crippen molar-refractivity contribution in [3.05, 3.63) is 28.5 Å². The maximum atomic E-state index is 12.1. The zero-order chi connectivity index (χ0) is 15.1. The standard InChI is InChI=1S/C16H21N3OS/c1-9(2)19-8-12(7-14(19)20)16-17-11(4)15(18-16)13-6-5-10(3)21-13/h5-6,9,12H,7-8H2,1-4H3,(H,17,18). The van der Waals surface area contributed by atoms with E-state index in [4.69, 9.17) is 4.98 Å². The summed E-state index contributed by atoms with van der Waals surface area (Å²) in [5, 5.41) is 0. The van der Waals surface area contributed by atoms with E-state index in [-0.39, 0.29) is 17.9 Å². The highest BCUT2D eigenvalue weighted by atomic mass is 32.1. The SMILES string of the molecule is Cc1ccc(-c2nc(C3CC(=O)N(C(C)C)C3)[nH]c2C)s1. The lowest BCUT2D eigenvalue weighted by molar-refractivity contribution is -0.129. The molecule has 0 saturated carbocycles. The first-order valence-electron chi connectivity index (χ1n) is 7.38. The molecule has 1 amide bonds. The predicted molar refractivity (Wildman–Crippen MR) is 85.6 cm³/mol. The van der Waals surface area contributed by atoms with Crippen LogP contribution in [0.15, 0.2) is 12.1 Å². The predicted octanol–water partition coefficient (Wildman–Crippen LogP) is 3.48. The van der Waals surface area contributed by atoms with E-state index in [2.05, 4.69) is 44.8 Å². The summed E-state index contributed by atoms with van der Waals surface area (Å²) < 4.78 is 0. The molecule has 3 heterocycles. The lowest BCUT2D eigenvalue weighted by atomic mass is 10.1. The molecule has 4 nitrogen and oxygen atoms in total. The number of aromatic nitrogens is 2. The Kier molecular flexibility index (Phi) is 3.61. The van der Waals surface area contributed by atoms with Crippen molar-refractivity contribution in [2.45, 2.75) is 46.1 Å². The van der Waals surface area contributed by atoms with Crippen molar-refractivity contribution >= 4 is 17.2 Å². The molecule has 21 heavy (non-hydrogen) atoms. The number of aromatic amines is 1. The number of amides is 1. The van der Waals surface area contributed by atoms with Crippen molar-refractivity contribution in [1.82, 2.24) is 14.9 Å². The Morgan fingerprint density at radius 3 is 2.71 bits per heavy atom. The zero-order valence-electron chi connectivity index (χ0n) is 12.9. The molecule has 2 aromatic heterocycles. The van der Waals surface area contributed by atoms with E-state index >= 15 is 0 Å². The minimum atomic E-state index is 0.188. The van der Waals surface area contributed by atoms with E-state index in [0.29, 0.717) is 6.42 Å². The van der Waals surface area contributed by atoms with Gasteiger partial charge < -0.3 is 9.88 Å². The first-order chi connectivity index (χ1) is 9.95. The van der Waals surface area contributed by atoms with Gasteiger partial charge in [-0.15, -0.1) is 11.3 Å². The minimum absolute atomic E-state index is 0.188. The summed E-state index contributed by atoms with van der Waals surface area (Å²) in [6.45, 7) is 9.05. The van der Waals surface area contributed by atoms with Crippen molar-refractivity contribution in [2.75, 3.05) is 6.54 Å². The van der Waals surface area contributed by atoms with Crippen LogP contribution in [0.4, 0.5) is 0 Å². The Balaban J connectivity index is 1.87. The molecule has 0 bridgehead atoms. The van der Waals surface area contributed by atoms with E-state index in [9.17, 15) is 4.79 Å². The van der Waals surface area contributed by atoms with Gasteiger partial charge in [0.05, 0.1) is 4.88 Å². The van der Waals surface area contributed by atoms with Crippen LogP contribution >= 0.6 is 11.3 Å². The molecular formula is C16H21N3OS. The normalized spacial score (nSPS) is 19.0. The fourth-order valence-electron chi connectivity index (χ4n) is 2.89. The lowest BCUT2D eigenvalue weighted by Crippen LogP contribution is -2.31. The van der Waals surface area contributed by atoms with Crippen LogP contribution in [0.3, 0.4) is 0 Å². The fraction of sp³-hybridized carbons (Fsp3) is 0.500. The van der Waals surface area contributed by atoms with Crippen LogP contribution in [0.5, 0.6) is 0 Å². The van der Waals surface area contributed by atoms with Gasteiger partial charge in [-0.05, 0) is 39.8 Å². The Morgan fingerprint density at radius 2 is 2.14 bits per heavy atom. The van der Waals surface area contributed by atoms with Gasteiger partial charge in [0.2, 0.25) is 5.91 Å². The number of nitrogens with one attached hydrogen (secondary N) is 1. The summed E-state index contributed by atoms with van der Waals surface area (Å²) in [5.41, 5.74) is 2.11. The molecule has 1 saturated heterocycles. The highest BCUT2D eigenvalue weighted by molar-refractivity contribution is 7.15. The van der Waals surface area contributed by atoms with E-state index in [1.165, 1.54) is 9.75 Å². The van der Waals surface area contributed by atoms with E-state index in [1.54, 1.807) is 11.3 Å². The quantitative estimate of drug-likeness (QED) is 0.943. The lowest BCUT2D eigenvalue weighted by Gasteiger charge is -2.20. The van der Waals surface area contributed by atoms with Gasteiger partial charge in [0, 0.05) is 35.5 Å². The first-order valence-corrected chi connectivity index (χ1v) is 8.20. The van der Waals surface area contributed by atoms with Crippen LogP contribution in [-0.4, -0.2) is 33.4 Å². The number of nitrogens with zero attached hydrogens (tertiary/aromatic N) is 2. The van der Waals surface area contributed by atoms with E-state index in [0.717, 1.165) is 23.8 Å². The van der Waals surface area contributed by atoms with Gasteiger partial charge in [-0.2, -0.15) is 0 Å². The van der Waals surface area contributed by atoms with Gasteiger partial charge >= 0.3 is 0 Å². The summed E-state index contributed by atoms with van der Waals surface area (Å²) in [7, 11) is 0. The van der Waals surface area contributed by atoms with Crippen LogP contribution < -0.4 is 0 Å². The number of likely N-dealkylation sites (tertiary alicyclic amines) is 1. The maximum absolute atomic E-state index is 12.1. The number of H-pyrrole nitrogens is 1. The van der Waals surface area contributed by atoms with Gasteiger partial charge in [-0.3, -0.25) is 4.79 Å². The summed E-state index contributed by atoms with van der Waals surface area (Å²) >= 11 is 1.76. The molecule has 0 aromatic carbocycles. The van der Waals surface area contributed by atoms with Crippen molar-refractivity contribution in [3.8, 4) is 10.6 Å². The van der Waals surface area contributed by atoms with Crippen LogP contribution in [0, 0.1) is 13.8 Å². The molecule has 2 aromatic rings. The van der Waals surface area contributed by atoms with Crippen LogP contribution in [-0.2, 0) is 4.79 Å². The summed E-state index contributed by atoms with van der Waals surface area (Å²) in [5.74, 6) is 1.37. The van der Waals surface area contributed by atoms with E-state index in [1.807, 2.05) is 4.90 Å². The summed E-state index contributed by atoms with van der Waals surface area (Å²) in [6.07, 6.45) is 0.564. The largest absolute Gasteiger partial charge is 0.345 e. The van der Waals surface area contributed by atoms with Gasteiger partial charge in [-0.1, -0.05) is 0 Å². The Labute approximate surface area is 129 Å². The molecule has 3 rings (SSSR count). The molecule has 1 aliphatic heterocycles. The molecule has 0 radical (unpaired) electrons. The molecule has 0 aliphatic carbocycles. The molecule has 112 valence electrons. The van der Waals surface area contributed by atoms with Gasteiger partial charge in [0.15, 0.2) is 0 Å². The highest BCUT2D eigenvalue weighted by Crippen LogP contribution is 2.33. The van der Waals surface area contributed by atoms with Crippen molar-refractivity contribution in [1.29, 1.82) is 0 Å². The van der Waals surface area contributed by atoms with E-state index < -0.39 is 0 Å². The molecule has 1 N–H and O–H groups in total. The van der Waals surface area contributed by atoms with Crippen molar-refractivity contribution in [2.24, 2.45) is 0 Å². The average molecular weight is 303 g/mol. The number of imidazole rings is 1. The van der Waals surface area contributed by atoms with Gasteiger partial charge in [0.25, 0.3) is 0 Å². The smallest absolute Gasteiger partial charge is 0.223 e. The second-order valence-electron chi connectivity index (χ2n) is 6.05. The molecule has 1 atom stereocenters. The van der Waals surface area contributed by atoms with Gasteiger partial charge in [-0.25, -0.2) is 4.98 Å². The summed E-state index contributed by atoms with van der Waals surface area (Å²) in [4.78, 5) is 24.6. The third-order valence-electron chi connectivity index (χ3n) is 4.05. The second kappa shape index (κ2) is 5.30. The number of aryl methyl sites for hydroxylation is 2. The number of rotatable bonds is 3. The number of thiophene rings is 1. The maximum Gasteiger partial charge on any atom is 0.223 e. The molecule has 1 unspecified atom stereocenters. The topological polar surface area (TPSA) is 49.0 Å². The number of hydrogen-bond acceptors (Lipinski definition) is 3. The monoisotopic (exact) mass is 303 g/mol. The Bertz CT molecular complexity index is 671. The Hall–Kier alpha value is -1.62. The summed E-state index contributed by atoms with van der Waals surface area (Å²) in [6, 6.07) is 4.50. The number of carbonyl (C=O) groups is 1. The molecule has 1 aliphatic rings. The minimum Gasteiger partial charge on any atom is -0.345 e. The third kappa shape index (κ3) is 2.62. The second-order valence-corrected chi connectivity index (χ2v) is 7.33. The third-order valence-corrected chi connectivity index (χ3v) is 5.05. The number of hydrogen-bond donors (Lipinski definition) is 1. The average Bonchev–Trinajstić information content (AvgIpc) is 3.08. The molecular weight excluding hydrogens is 282 g/mol. The first kappa shape index (κ1) is 14.3. The Morgan fingerprint density at radius 1 is 1.38 bits per heavy atom. The fourth-order valence-corrected chi connectivity index (χ4v) is 3.81. The highest BCUT2D eigenvalue weighted by Gasteiger charge is 2.34. The molecule has 0 spiro atoms. The number of carbonyl (C=O) groups excluding carboxylic acids is 1. The van der Waals surface area contributed by atoms with Crippen molar-refractivity contribution in [3.63, 3.8) is 0 Å². The van der Waals surface area contributed by atoms with Crippen LogP contribution in [0.25, 0.3) is 10.6 Å². The van der Waals surface area contributed by atoms with Crippen molar-refractivity contribution < 1.29 is 4.79 Å². The molecule has 1 fully saturated rings. The van der Waals surface area contributed by atoms with Crippen LogP contribution in [0.2, 0.25) is 0 Å². The van der Waals surface area contributed by atoms with Gasteiger partial charge in [0.1, 0.15) is 11.5 Å². The van der Waals surface area contributed by atoms with Crippen LogP contribution in [0.1, 0.15) is 42.6 Å². The zero-order valence-corrected chi connectivity index (χ0v) is 13.8. The molecule has 5 heteroatoms.